The van der Waals surface area contributed by atoms with Crippen LogP contribution >= 0.6 is 0 Å². The summed E-state index contributed by atoms with van der Waals surface area (Å²) in [5, 5.41) is 6.20. The number of carbonyl (C=O) groups is 1. The highest BCUT2D eigenvalue weighted by molar-refractivity contribution is 5.91. The summed E-state index contributed by atoms with van der Waals surface area (Å²) in [5.74, 6) is 0.503. The number of quaternary nitrogens is 1. The summed E-state index contributed by atoms with van der Waals surface area (Å²) >= 11 is 0. The summed E-state index contributed by atoms with van der Waals surface area (Å²) < 4.78 is 29.3. The van der Waals surface area contributed by atoms with E-state index >= 15 is 0 Å². The largest absolute Gasteiger partial charge is 1.00 e. The Bertz CT molecular complexity index is 1570. The third-order valence-electron chi connectivity index (χ3n) is 7.43. The number of morpholine rings is 1. The van der Waals surface area contributed by atoms with Crippen LogP contribution in [0.5, 0.6) is 17.2 Å². The topological polar surface area (TPSA) is 134 Å². The maximum absolute atomic E-state index is 13.6. The Labute approximate surface area is 262 Å². The third kappa shape index (κ3) is 7.86. The number of methoxy groups -OCH3 is 3. The number of halogens is 1. The lowest BCUT2D eigenvalue weighted by Gasteiger charge is -2.28. The van der Waals surface area contributed by atoms with E-state index in [0.29, 0.717) is 48.8 Å². The van der Waals surface area contributed by atoms with Gasteiger partial charge in [0.25, 0.3) is 5.56 Å². The lowest BCUT2D eigenvalue weighted by atomic mass is 10.0. The Balaban J connectivity index is 0.00000264. The Hall–Kier alpha value is -4.16. The highest BCUT2D eigenvalue weighted by Crippen LogP contribution is 2.38. The van der Waals surface area contributed by atoms with Crippen molar-refractivity contribution in [1.29, 1.82) is 0 Å². The second-order valence-electron chi connectivity index (χ2n) is 10.1. The predicted octanol–water partition coefficient (Wildman–Crippen LogP) is -1.67. The smallest absolute Gasteiger partial charge is 0.338 e. The second kappa shape index (κ2) is 16.1. The molecular formula is C32H38ClN3O8. The minimum Gasteiger partial charge on any atom is -1.00 e. The van der Waals surface area contributed by atoms with E-state index in [-0.39, 0.29) is 35.6 Å². The standard InChI is InChI=1S/C32H35N3O7.ClH.H2O/c1-38-28-18-23(19-29(39-2)30(28)40-3)32(37)42-24(20-34-13-15-41-16-14-34)21-35-31(36)26-12-8-7-11-25(26)27(33-35)17-22-9-5-4-6-10-22;;/h4-12,18-19,24H,13-17,20-21H2,1-3H3;1H;1H2. The van der Waals surface area contributed by atoms with E-state index in [1.807, 2.05) is 54.6 Å². The van der Waals surface area contributed by atoms with Crippen LogP contribution in [-0.2, 0) is 22.4 Å². The van der Waals surface area contributed by atoms with Crippen molar-refractivity contribution >= 4 is 16.7 Å². The summed E-state index contributed by atoms with van der Waals surface area (Å²) in [4.78, 5) is 28.4. The molecule has 1 aliphatic rings. The SMILES string of the molecule is COc1cc(C(=O)OC(Cn2nc(Cc3ccccc3)c3ccccc3c2=O)C[NH+]2CCOCC2)cc(OC)c1OC.O.[Cl-]. The number of fused-ring (bicyclic) bond motifs is 1. The second-order valence-corrected chi connectivity index (χ2v) is 10.1. The molecule has 3 N–H and O–H groups in total. The molecule has 0 aliphatic carbocycles. The zero-order valence-electron chi connectivity index (χ0n) is 25.0. The van der Waals surface area contributed by atoms with E-state index in [1.54, 1.807) is 12.1 Å². The van der Waals surface area contributed by atoms with Gasteiger partial charge in [0.15, 0.2) is 17.6 Å². The molecule has 0 radical (unpaired) electrons. The van der Waals surface area contributed by atoms with Crippen LogP contribution < -0.4 is 37.1 Å². The fourth-order valence-corrected chi connectivity index (χ4v) is 5.29. The van der Waals surface area contributed by atoms with Crippen LogP contribution in [0.25, 0.3) is 10.8 Å². The summed E-state index contributed by atoms with van der Waals surface area (Å²) in [5.41, 5.74) is 1.89. The summed E-state index contributed by atoms with van der Waals surface area (Å²) in [6, 6.07) is 20.6. The number of hydrogen-bond acceptors (Lipinski definition) is 8. The molecule has 0 bridgehead atoms. The van der Waals surface area contributed by atoms with E-state index in [4.69, 9.17) is 28.8 Å². The minimum absolute atomic E-state index is 0. The average molecular weight is 628 g/mol. The van der Waals surface area contributed by atoms with Gasteiger partial charge in [0.05, 0.1) is 57.7 Å². The molecule has 12 heteroatoms. The fourth-order valence-electron chi connectivity index (χ4n) is 5.29. The molecule has 1 saturated heterocycles. The summed E-state index contributed by atoms with van der Waals surface area (Å²) in [6.45, 7) is 3.39. The number of carbonyl (C=O) groups excluding carboxylic acids is 1. The molecule has 1 fully saturated rings. The molecule has 1 unspecified atom stereocenters. The molecule has 1 aromatic heterocycles. The minimum atomic E-state index is -0.638. The lowest BCUT2D eigenvalue weighted by Crippen LogP contribution is -3.15. The monoisotopic (exact) mass is 627 g/mol. The van der Waals surface area contributed by atoms with Gasteiger partial charge in [0.2, 0.25) is 5.75 Å². The first kappa shape index (κ1) is 34.3. The Morgan fingerprint density at radius 2 is 1.55 bits per heavy atom. The highest BCUT2D eigenvalue weighted by atomic mass is 35.5. The molecule has 1 aliphatic heterocycles. The fraction of sp³-hybridized carbons (Fsp3) is 0.344. The molecule has 2 heterocycles. The van der Waals surface area contributed by atoms with Crippen LogP contribution in [0, 0.1) is 0 Å². The molecular weight excluding hydrogens is 590 g/mol. The number of rotatable bonds is 11. The van der Waals surface area contributed by atoms with Crippen LogP contribution in [0.2, 0.25) is 0 Å². The molecule has 0 spiro atoms. The molecule has 0 saturated carbocycles. The van der Waals surface area contributed by atoms with Crippen LogP contribution in [0.15, 0.2) is 71.5 Å². The van der Waals surface area contributed by atoms with Crippen LogP contribution in [0.4, 0.5) is 0 Å². The number of nitrogens with one attached hydrogen (secondary N) is 1. The van der Waals surface area contributed by atoms with E-state index in [9.17, 15) is 9.59 Å². The normalized spacial score (nSPS) is 13.7. The summed E-state index contributed by atoms with van der Waals surface area (Å²) in [6.07, 6.45) is -0.0766. The van der Waals surface area contributed by atoms with Crippen LogP contribution in [0.1, 0.15) is 21.6 Å². The van der Waals surface area contributed by atoms with Gasteiger partial charge < -0.3 is 46.5 Å². The number of nitrogens with zero attached hydrogens (tertiary/aromatic N) is 2. The first-order valence-corrected chi connectivity index (χ1v) is 14.0. The molecule has 5 rings (SSSR count). The zero-order chi connectivity index (χ0) is 29.5. The first-order valence-electron chi connectivity index (χ1n) is 14.0. The Morgan fingerprint density at radius 3 is 2.16 bits per heavy atom. The third-order valence-corrected chi connectivity index (χ3v) is 7.43. The molecule has 44 heavy (non-hydrogen) atoms. The number of ether oxygens (including phenoxy) is 5. The van der Waals surface area contributed by atoms with Gasteiger partial charge in [-0.2, -0.15) is 5.10 Å². The highest BCUT2D eigenvalue weighted by Gasteiger charge is 2.27. The predicted molar refractivity (Wildman–Crippen MR) is 161 cm³/mol. The van der Waals surface area contributed by atoms with Crippen molar-refractivity contribution in [1.82, 2.24) is 9.78 Å². The zero-order valence-corrected chi connectivity index (χ0v) is 25.8. The van der Waals surface area contributed by atoms with Crippen molar-refractivity contribution < 1.29 is 51.3 Å². The lowest BCUT2D eigenvalue weighted by molar-refractivity contribution is -0.910. The first-order chi connectivity index (χ1) is 20.5. The molecule has 3 aromatic carbocycles. The van der Waals surface area contributed by atoms with Crippen LogP contribution in [0.3, 0.4) is 0 Å². The molecule has 236 valence electrons. The van der Waals surface area contributed by atoms with Crippen molar-refractivity contribution in [3.63, 3.8) is 0 Å². The van der Waals surface area contributed by atoms with Crippen LogP contribution in [-0.4, -0.2) is 81.5 Å². The van der Waals surface area contributed by atoms with E-state index < -0.39 is 12.1 Å². The number of esters is 1. The van der Waals surface area contributed by atoms with Gasteiger partial charge >= 0.3 is 5.97 Å². The van der Waals surface area contributed by atoms with Gasteiger partial charge in [0.1, 0.15) is 19.6 Å². The van der Waals surface area contributed by atoms with Gasteiger partial charge in [-0.25, -0.2) is 9.48 Å². The van der Waals surface area contributed by atoms with Gasteiger partial charge in [0, 0.05) is 11.8 Å². The van der Waals surface area contributed by atoms with Gasteiger partial charge in [-0.1, -0.05) is 48.5 Å². The number of hydrogen-bond donors (Lipinski definition) is 1. The Kier molecular flexibility index (Phi) is 12.5. The van der Waals surface area contributed by atoms with Crippen molar-refractivity contribution in [3.8, 4) is 17.2 Å². The van der Waals surface area contributed by atoms with Crippen molar-refractivity contribution in [3.05, 3.63) is 93.9 Å². The molecule has 0 amide bonds. The number of benzene rings is 3. The Morgan fingerprint density at radius 1 is 0.932 bits per heavy atom. The molecule has 1 atom stereocenters. The van der Waals surface area contributed by atoms with Gasteiger partial charge in [-0.05, 0) is 23.8 Å². The van der Waals surface area contributed by atoms with E-state index in [2.05, 4.69) is 0 Å². The van der Waals surface area contributed by atoms with E-state index in [0.717, 1.165) is 29.7 Å². The van der Waals surface area contributed by atoms with Crippen molar-refractivity contribution in [2.45, 2.75) is 19.1 Å². The number of aromatic nitrogens is 2. The maximum Gasteiger partial charge on any atom is 0.338 e. The van der Waals surface area contributed by atoms with Gasteiger partial charge in [-0.15, -0.1) is 0 Å². The van der Waals surface area contributed by atoms with E-state index in [1.165, 1.54) is 30.9 Å². The molecule has 11 nitrogen and oxygen atoms in total. The average Bonchev–Trinajstić information content (AvgIpc) is 3.03. The summed E-state index contributed by atoms with van der Waals surface area (Å²) in [7, 11) is 4.48. The van der Waals surface area contributed by atoms with Crippen molar-refractivity contribution in [2.24, 2.45) is 0 Å². The van der Waals surface area contributed by atoms with Gasteiger partial charge in [-0.3, -0.25) is 4.79 Å². The maximum atomic E-state index is 13.6. The molecule has 4 aromatic rings. The quantitative estimate of drug-likeness (QED) is 0.195. The van der Waals surface area contributed by atoms with Crippen molar-refractivity contribution in [2.75, 3.05) is 54.2 Å².